The van der Waals surface area contributed by atoms with Crippen molar-refractivity contribution in [2.75, 3.05) is 6.61 Å². The summed E-state index contributed by atoms with van der Waals surface area (Å²) in [5, 5.41) is 18.6. The molecule has 1 aromatic heterocycles. The van der Waals surface area contributed by atoms with Crippen LogP contribution in [0.3, 0.4) is 0 Å². The normalized spacial score (nSPS) is 29.2. The van der Waals surface area contributed by atoms with Gasteiger partial charge in [-0.1, -0.05) is 0 Å². The Bertz CT molecular complexity index is 453. The molecule has 1 aliphatic carbocycles. The summed E-state index contributed by atoms with van der Waals surface area (Å²) in [5.74, 6) is -0.298. The Balaban J connectivity index is 1.55. The summed E-state index contributed by atoms with van der Waals surface area (Å²) in [5.41, 5.74) is 0. The second-order valence-electron chi connectivity index (χ2n) is 4.85. The van der Waals surface area contributed by atoms with Crippen LogP contribution in [0.25, 0.3) is 0 Å². The predicted molar refractivity (Wildman–Crippen MR) is 61.7 cm³/mol. The van der Waals surface area contributed by atoms with Crippen LogP contribution in [0.4, 0.5) is 4.79 Å². The van der Waals surface area contributed by atoms with Gasteiger partial charge in [-0.05, 0) is 18.8 Å². The summed E-state index contributed by atoms with van der Waals surface area (Å²) in [7, 11) is 0. The molecule has 2 N–H and O–H groups in total. The van der Waals surface area contributed by atoms with Gasteiger partial charge in [-0.2, -0.15) is 0 Å². The zero-order valence-corrected chi connectivity index (χ0v) is 10.2. The van der Waals surface area contributed by atoms with E-state index in [1.165, 1.54) is 12.1 Å². The van der Waals surface area contributed by atoms with E-state index in [9.17, 15) is 15.0 Å². The SMILES string of the molecule is O=C(O[C@@H]1CC2CCO[C@@H]2C1)On1c(O)ccc1O. The quantitative estimate of drug-likeness (QED) is 0.779. The van der Waals surface area contributed by atoms with Crippen LogP contribution in [-0.4, -0.2) is 39.9 Å². The highest BCUT2D eigenvalue weighted by Gasteiger charge is 2.40. The largest absolute Gasteiger partial charge is 0.534 e. The van der Waals surface area contributed by atoms with Crippen molar-refractivity contribution in [1.82, 2.24) is 4.73 Å². The van der Waals surface area contributed by atoms with Gasteiger partial charge in [0.15, 0.2) is 0 Å². The van der Waals surface area contributed by atoms with Gasteiger partial charge in [0.25, 0.3) is 0 Å². The Morgan fingerprint density at radius 3 is 2.74 bits per heavy atom. The molecule has 7 nitrogen and oxygen atoms in total. The minimum atomic E-state index is -0.952. The Kier molecular flexibility index (Phi) is 2.98. The number of aromatic nitrogens is 1. The first kappa shape index (κ1) is 12.2. The molecule has 3 rings (SSSR count). The zero-order valence-electron chi connectivity index (χ0n) is 10.2. The second-order valence-corrected chi connectivity index (χ2v) is 4.85. The van der Waals surface area contributed by atoms with Crippen molar-refractivity contribution in [3.05, 3.63) is 12.1 Å². The van der Waals surface area contributed by atoms with Gasteiger partial charge in [0, 0.05) is 25.2 Å². The summed E-state index contributed by atoms with van der Waals surface area (Å²) in [6, 6.07) is 2.41. The molecule has 0 spiro atoms. The van der Waals surface area contributed by atoms with Crippen LogP contribution in [-0.2, 0) is 9.47 Å². The number of aromatic hydroxyl groups is 2. The average molecular weight is 269 g/mol. The summed E-state index contributed by atoms with van der Waals surface area (Å²) in [6.07, 6.45) is 1.42. The molecule has 7 heteroatoms. The van der Waals surface area contributed by atoms with Gasteiger partial charge in [-0.3, -0.25) is 4.84 Å². The van der Waals surface area contributed by atoms with E-state index in [4.69, 9.17) is 14.3 Å². The molecule has 2 aliphatic rings. The molecular weight excluding hydrogens is 254 g/mol. The first-order chi connectivity index (χ1) is 9.13. The van der Waals surface area contributed by atoms with E-state index in [0.29, 0.717) is 17.1 Å². The fourth-order valence-corrected chi connectivity index (χ4v) is 2.74. The van der Waals surface area contributed by atoms with Gasteiger partial charge in [0.05, 0.1) is 6.10 Å². The minimum Gasteiger partial charge on any atom is -0.492 e. The van der Waals surface area contributed by atoms with Gasteiger partial charge in [0.1, 0.15) is 6.10 Å². The molecular formula is C12H15NO6. The standard InChI is InChI=1S/C12H15NO6/c14-10-1-2-11(15)13(10)19-12(16)18-8-5-7-3-4-17-9(7)6-8/h1-2,7-9,14-15H,3-6H2/t7?,8-,9-/m1/s1. The van der Waals surface area contributed by atoms with E-state index in [2.05, 4.69) is 0 Å². The van der Waals surface area contributed by atoms with Crippen LogP contribution < -0.4 is 4.84 Å². The van der Waals surface area contributed by atoms with Crippen molar-refractivity contribution in [3.63, 3.8) is 0 Å². The fraction of sp³-hybridized carbons (Fsp3) is 0.583. The lowest BCUT2D eigenvalue weighted by atomic mass is 10.1. The second kappa shape index (κ2) is 4.65. The van der Waals surface area contributed by atoms with E-state index in [-0.39, 0.29) is 24.0 Å². The maximum atomic E-state index is 11.6. The molecule has 3 atom stereocenters. The van der Waals surface area contributed by atoms with Gasteiger partial charge < -0.3 is 19.7 Å². The van der Waals surface area contributed by atoms with Gasteiger partial charge in [-0.25, -0.2) is 4.79 Å². The molecule has 19 heavy (non-hydrogen) atoms. The van der Waals surface area contributed by atoms with Crippen LogP contribution in [0.15, 0.2) is 12.1 Å². The molecule has 1 aliphatic heterocycles. The van der Waals surface area contributed by atoms with Crippen LogP contribution in [0, 0.1) is 5.92 Å². The lowest BCUT2D eigenvalue weighted by Gasteiger charge is -2.13. The first-order valence-corrected chi connectivity index (χ1v) is 6.23. The van der Waals surface area contributed by atoms with Crippen molar-refractivity contribution in [3.8, 4) is 11.8 Å². The number of carbonyl (C=O) groups is 1. The Morgan fingerprint density at radius 2 is 2.05 bits per heavy atom. The van der Waals surface area contributed by atoms with E-state index >= 15 is 0 Å². The topological polar surface area (TPSA) is 90.2 Å². The summed E-state index contributed by atoms with van der Waals surface area (Å²) in [4.78, 5) is 16.3. The summed E-state index contributed by atoms with van der Waals surface area (Å²) in [6.45, 7) is 0.775. The Hall–Kier alpha value is -1.89. The Labute approximate surface area is 109 Å². The number of rotatable bonds is 2. The third kappa shape index (κ3) is 2.33. The smallest absolute Gasteiger partial charge is 0.492 e. The van der Waals surface area contributed by atoms with Crippen molar-refractivity contribution in [2.45, 2.75) is 31.5 Å². The molecule has 1 aromatic rings. The maximum absolute atomic E-state index is 11.6. The van der Waals surface area contributed by atoms with E-state index in [1.54, 1.807) is 0 Å². The first-order valence-electron chi connectivity index (χ1n) is 6.23. The number of hydrogen-bond acceptors (Lipinski definition) is 6. The van der Waals surface area contributed by atoms with Gasteiger partial charge in [0.2, 0.25) is 11.8 Å². The molecule has 0 aromatic carbocycles. The van der Waals surface area contributed by atoms with Gasteiger partial charge in [-0.15, -0.1) is 4.73 Å². The molecule has 1 saturated heterocycles. The highest BCUT2D eigenvalue weighted by molar-refractivity contribution is 5.61. The van der Waals surface area contributed by atoms with Crippen molar-refractivity contribution in [2.24, 2.45) is 5.92 Å². The zero-order chi connectivity index (χ0) is 13.4. The fourth-order valence-electron chi connectivity index (χ4n) is 2.74. The van der Waals surface area contributed by atoms with Crippen molar-refractivity contribution in [1.29, 1.82) is 0 Å². The number of nitrogens with zero attached hydrogens (tertiary/aromatic N) is 1. The molecule has 2 fully saturated rings. The van der Waals surface area contributed by atoms with Crippen LogP contribution in [0.1, 0.15) is 19.3 Å². The third-order valence-electron chi connectivity index (χ3n) is 3.63. The number of carbonyl (C=O) groups excluding carboxylic acids is 1. The molecule has 0 amide bonds. The van der Waals surface area contributed by atoms with Crippen LogP contribution >= 0.6 is 0 Å². The monoisotopic (exact) mass is 269 g/mol. The molecule has 2 heterocycles. The van der Waals surface area contributed by atoms with E-state index in [1.807, 2.05) is 0 Å². The highest BCUT2D eigenvalue weighted by atomic mass is 16.8. The van der Waals surface area contributed by atoms with Crippen molar-refractivity contribution >= 4 is 6.16 Å². The van der Waals surface area contributed by atoms with Crippen LogP contribution in [0.5, 0.6) is 11.8 Å². The molecule has 104 valence electrons. The van der Waals surface area contributed by atoms with E-state index in [0.717, 1.165) is 19.4 Å². The average Bonchev–Trinajstić information content (AvgIpc) is 2.99. The minimum absolute atomic E-state index is 0.172. The summed E-state index contributed by atoms with van der Waals surface area (Å²) < 4.78 is 11.3. The molecule has 0 bridgehead atoms. The van der Waals surface area contributed by atoms with Crippen LogP contribution in [0.2, 0.25) is 0 Å². The molecule has 1 saturated carbocycles. The number of hydrogen-bond donors (Lipinski definition) is 2. The number of fused-ring (bicyclic) bond motifs is 1. The van der Waals surface area contributed by atoms with Gasteiger partial charge >= 0.3 is 6.16 Å². The molecule has 0 radical (unpaired) electrons. The third-order valence-corrected chi connectivity index (χ3v) is 3.63. The maximum Gasteiger partial charge on any atom is 0.534 e. The number of ether oxygens (including phenoxy) is 2. The molecule has 1 unspecified atom stereocenters. The lowest BCUT2D eigenvalue weighted by Crippen LogP contribution is -2.25. The lowest BCUT2D eigenvalue weighted by molar-refractivity contribution is 0.00348. The van der Waals surface area contributed by atoms with Crippen molar-refractivity contribution < 1.29 is 29.3 Å². The van der Waals surface area contributed by atoms with E-state index < -0.39 is 6.16 Å². The Morgan fingerprint density at radius 1 is 1.32 bits per heavy atom. The summed E-state index contributed by atoms with van der Waals surface area (Å²) >= 11 is 0. The highest BCUT2D eigenvalue weighted by Crippen LogP contribution is 2.37. The predicted octanol–water partition coefficient (Wildman–Crippen LogP) is 1.03.